The molecule has 2 aliphatic rings. The third kappa shape index (κ3) is 5.00. The van der Waals surface area contributed by atoms with Gasteiger partial charge in [-0.25, -0.2) is 4.79 Å². The number of nitrogens with one attached hydrogen (secondary N) is 1. The number of hydrogen-bond donors (Lipinski definition) is 1. The number of nitrogens with zero attached hydrogens (tertiary/aromatic N) is 3. The lowest BCUT2D eigenvalue weighted by Gasteiger charge is -2.29. The van der Waals surface area contributed by atoms with Gasteiger partial charge in [0.2, 0.25) is 0 Å². The van der Waals surface area contributed by atoms with Crippen LogP contribution in [-0.4, -0.2) is 33.8 Å². The Labute approximate surface area is 233 Å². The third-order valence-electron chi connectivity index (χ3n) is 7.47. The van der Waals surface area contributed by atoms with Crippen LogP contribution >= 0.6 is 12.2 Å². The van der Waals surface area contributed by atoms with Gasteiger partial charge in [-0.3, -0.25) is 4.98 Å². The Morgan fingerprint density at radius 3 is 2.38 bits per heavy atom. The monoisotopic (exact) mass is 538 g/mol. The molecule has 4 aromatic rings. The number of ether oxygens (including phenoxy) is 2. The van der Waals surface area contributed by atoms with Crippen molar-refractivity contribution in [3.63, 3.8) is 0 Å². The van der Waals surface area contributed by atoms with E-state index in [2.05, 4.69) is 38.0 Å². The Morgan fingerprint density at radius 1 is 0.949 bits per heavy atom. The van der Waals surface area contributed by atoms with Crippen LogP contribution in [0, 0.1) is 0 Å². The van der Waals surface area contributed by atoms with Gasteiger partial charge < -0.3 is 24.3 Å². The summed E-state index contributed by atoms with van der Waals surface area (Å²) in [6.45, 7) is 0. The number of rotatable bonds is 7. The second-order valence-electron chi connectivity index (χ2n) is 9.86. The lowest BCUT2D eigenvalue weighted by Crippen LogP contribution is -2.30. The van der Waals surface area contributed by atoms with Gasteiger partial charge in [-0.1, -0.05) is 6.07 Å². The van der Waals surface area contributed by atoms with Gasteiger partial charge in [-0.05, 0) is 111 Å². The van der Waals surface area contributed by atoms with Crippen LogP contribution in [0.4, 0.5) is 5.69 Å². The van der Waals surface area contributed by atoms with Gasteiger partial charge in [0.05, 0.1) is 30.5 Å². The summed E-state index contributed by atoms with van der Waals surface area (Å²) >= 11 is 5.91. The molecule has 2 fully saturated rings. The smallest absolute Gasteiger partial charge is 0.337 e. The zero-order chi connectivity index (χ0) is 26.8. The zero-order valence-electron chi connectivity index (χ0n) is 21.7. The van der Waals surface area contributed by atoms with E-state index in [0.29, 0.717) is 16.8 Å². The third-order valence-corrected chi connectivity index (χ3v) is 7.78. The first-order valence-corrected chi connectivity index (χ1v) is 13.7. The predicted octanol–water partition coefficient (Wildman–Crippen LogP) is 6.16. The molecule has 0 radical (unpaired) electrons. The average Bonchev–Trinajstić information content (AvgIpc) is 3.74. The normalized spacial score (nSPS) is 19.2. The molecule has 0 unspecified atom stereocenters. The molecule has 1 N–H and O–H groups in total. The summed E-state index contributed by atoms with van der Waals surface area (Å²) in [6.07, 6.45) is 8.84. The Morgan fingerprint density at radius 2 is 1.69 bits per heavy atom. The molecule has 2 atom stereocenters. The number of hydrogen-bond acceptors (Lipinski definition) is 5. The van der Waals surface area contributed by atoms with Crippen LogP contribution in [0.2, 0.25) is 0 Å². The van der Waals surface area contributed by atoms with Crippen LogP contribution in [0.25, 0.3) is 5.69 Å². The summed E-state index contributed by atoms with van der Waals surface area (Å²) in [6, 6.07) is 25.3. The van der Waals surface area contributed by atoms with Crippen LogP contribution in [0.1, 0.15) is 59.5 Å². The molecule has 0 amide bonds. The number of pyridine rings is 1. The summed E-state index contributed by atoms with van der Waals surface area (Å²) < 4.78 is 13.2. The van der Waals surface area contributed by atoms with Crippen molar-refractivity contribution in [2.24, 2.45) is 0 Å². The van der Waals surface area contributed by atoms with Crippen molar-refractivity contribution in [1.82, 2.24) is 14.9 Å². The summed E-state index contributed by atoms with van der Waals surface area (Å²) in [5.74, 6) is 0.525. The maximum absolute atomic E-state index is 12.0. The first kappa shape index (κ1) is 25.1. The van der Waals surface area contributed by atoms with E-state index in [1.54, 1.807) is 18.3 Å². The maximum Gasteiger partial charge on any atom is 0.337 e. The highest BCUT2D eigenvalue weighted by Gasteiger charge is 2.42. The predicted molar refractivity (Wildman–Crippen MR) is 154 cm³/mol. The largest absolute Gasteiger partial charge is 0.490 e. The highest BCUT2D eigenvalue weighted by molar-refractivity contribution is 7.80. The number of thiocarbonyl (C=S) groups is 1. The number of carbonyl (C=O) groups excluding carboxylic acids is 1. The fourth-order valence-electron chi connectivity index (χ4n) is 5.56. The average molecular weight is 539 g/mol. The Kier molecular flexibility index (Phi) is 7.02. The van der Waals surface area contributed by atoms with Gasteiger partial charge in [-0.15, -0.1) is 0 Å². The number of methoxy groups -OCH3 is 1. The molecule has 1 aliphatic carbocycles. The van der Waals surface area contributed by atoms with Gasteiger partial charge in [0, 0.05) is 29.5 Å². The number of carbonyl (C=O) groups is 1. The minimum atomic E-state index is -0.360. The lowest BCUT2D eigenvalue weighted by molar-refractivity contribution is 0.0600. The molecule has 6 rings (SSSR count). The highest BCUT2D eigenvalue weighted by Crippen LogP contribution is 2.42. The second kappa shape index (κ2) is 10.9. The molecule has 7 nitrogen and oxygen atoms in total. The van der Waals surface area contributed by atoms with Crippen LogP contribution in [0.3, 0.4) is 0 Å². The van der Waals surface area contributed by atoms with Crippen LogP contribution in [0.15, 0.2) is 91.3 Å². The van der Waals surface area contributed by atoms with Gasteiger partial charge >= 0.3 is 5.97 Å². The molecule has 39 heavy (non-hydrogen) atoms. The Balaban J connectivity index is 1.37. The molecule has 1 saturated carbocycles. The Bertz CT molecular complexity index is 1450. The van der Waals surface area contributed by atoms with E-state index >= 15 is 0 Å². The molecule has 198 valence electrons. The van der Waals surface area contributed by atoms with Crippen molar-refractivity contribution in [3.8, 4) is 11.4 Å². The molecule has 0 bridgehead atoms. The molecule has 1 saturated heterocycles. The van der Waals surface area contributed by atoms with Crippen LogP contribution in [0.5, 0.6) is 5.75 Å². The molecule has 2 aromatic heterocycles. The number of benzene rings is 2. The minimum Gasteiger partial charge on any atom is -0.490 e. The number of aromatic nitrogens is 2. The van der Waals surface area contributed by atoms with Crippen molar-refractivity contribution >= 4 is 29.0 Å². The molecule has 0 spiro atoms. The molecule has 3 heterocycles. The second-order valence-corrected chi connectivity index (χ2v) is 10.2. The topological polar surface area (TPSA) is 68.6 Å². The summed E-state index contributed by atoms with van der Waals surface area (Å²) in [5.41, 5.74) is 4.35. The zero-order valence-corrected chi connectivity index (χ0v) is 22.5. The van der Waals surface area contributed by atoms with E-state index < -0.39 is 0 Å². The van der Waals surface area contributed by atoms with E-state index in [1.807, 2.05) is 54.7 Å². The molecule has 1 aliphatic heterocycles. The molecule has 8 heteroatoms. The fourth-order valence-corrected chi connectivity index (χ4v) is 5.91. The van der Waals surface area contributed by atoms with E-state index in [0.717, 1.165) is 41.4 Å². The van der Waals surface area contributed by atoms with Gasteiger partial charge in [-0.2, -0.15) is 0 Å². The van der Waals surface area contributed by atoms with Crippen molar-refractivity contribution in [3.05, 3.63) is 108 Å². The SMILES string of the molecule is COC(=O)c1ccc(-n2cccc2[C@H]2[C@H](c3ccccn3)NC(=S)N2c2ccc(OC3CCCC3)cc2)cc1. The number of esters is 1. The van der Waals surface area contributed by atoms with Crippen molar-refractivity contribution in [2.45, 2.75) is 43.9 Å². The molecular formula is C31H30N4O3S. The van der Waals surface area contributed by atoms with Crippen LogP contribution < -0.4 is 15.0 Å². The van der Waals surface area contributed by atoms with E-state index in [-0.39, 0.29) is 18.1 Å². The Hall–Kier alpha value is -4.17. The maximum atomic E-state index is 12.0. The van der Waals surface area contributed by atoms with Crippen molar-refractivity contribution in [1.29, 1.82) is 0 Å². The van der Waals surface area contributed by atoms with E-state index in [4.69, 9.17) is 21.7 Å². The quantitative estimate of drug-likeness (QED) is 0.223. The minimum absolute atomic E-state index is 0.170. The highest BCUT2D eigenvalue weighted by atomic mass is 32.1. The standard InChI is InChI=1S/C31H30N4O3S/c1-37-30(36)21-11-13-22(14-12-21)34-20-6-10-27(34)29-28(26-9-4-5-19-32-26)33-31(39)35(29)23-15-17-25(18-16-23)38-24-7-2-3-8-24/h4-6,9-20,24,28-29H,2-3,7-8H2,1H3,(H,33,39)/t28-,29-/m0/s1. The van der Waals surface area contributed by atoms with E-state index in [9.17, 15) is 4.79 Å². The van der Waals surface area contributed by atoms with Gasteiger partial charge in [0.15, 0.2) is 5.11 Å². The lowest BCUT2D eigenvalue weighted by atomic mass is 10.0. The molecule has 2 aromatic carbocycles. The summed E-state index contributed by atoms with van der Waals surface area (Å²) in [4.78, 5) is 18.8. The number of anilines is 1. The van der Waals surface area contributed by atoms with Crippen molar-refractivity contribution in [2.75, 3.05) is 12.0 Å². The summed E-state index contributed by atoms with van der Waals surface area (Å²) in [5, 5.41) is 4.16. The fraction of sp³-hybridized carbons (Fsp3) is 0.258. The van der Waals surface area contributed by atoms with E-state index in [1.165, 1.54) is 20.0 Å². The van der Waals surface area contributed by atoms with Crippen molar-refractivity contribution < 1.29 is 14.3 Å². The van der Waals surface area contributed by atoms with Gasteiger partial charge in [0.1, 0.15) is 11.8 Å². The summed E-state index contributed by atoms with van der Waals surface area (Å²) in [7, 11) is 1.38. The molecular weight excluding hydrogens is 508 g/mol. The first-order chi connectivity index (χ1) is 19.1. The first-order valence-electron chi connectivity index (χ1n) is 13.3. The van der Waals surface area contributed by atoms with Crippen LogP contribution in [-0.2, 0) is 4.74 Å². The van der Waals surface area contributed by atoms with Gasteiger partial charge in [0.25, 0.3) is 0 Å².